The highest BCUT2D eigenvalue weighted by Gasteiger charge is 1.92. The van der Waals surface area contributed by atoms with Gasteiger partial charge in [-0.2, -0.15) is 0 Å². The molecule has 21 heavy (non-hydrogen) atoms. The van der Waals surface area contributed by atoms with Gasteiger partial charge in [-0.3, -0.25) is 0 Å². The molecule has 0 spiro atoms. The quantitative estimate of drug-likeness (QED) is 0.187. The average Bonchev–Trinajstić information content (AvgIpc) is 2.50. The summed E-state index contributed by atoms with van der Waals surface area (Å²) >= 11 is 0. The van der Waals surface area contributed by atoms with Crippen molar-refractivity contribution in [3.8, 4) is 0 Å². The molecule has 0 aliphatic rings. The van der Waals surface area contributed by atoms with Crippen LogP contribution in [0.25, 0.3) is 0 Å². The van der Waals surface area contributed by atoms with Gasteiger partial charge in [-0.25, -0.2) is 0 Å². The number of unbranched alkanes of at least 4 members (excludes halogenated alkanes) is 15. The van der Waals surface area contributed by atoms with Gasteiger partial charge < -0.3 is 0 Å². The second-order valence-corrected chi connectivity index (χ2v) is 6.64. The zero-order chi connectivity index (χ0) is 15.4. The minimum atomic E-state index is 1.30. The minimum Gasteiger partial charge on any atom is -0.0885 e. The number of rotatable bonds is 17. The first-order chi connectivity index (χ1) is 10.4. The van der Waals surface area contributed by atoms with Crippen molar-refractivity contribution >= 4 is 0 Å². The lowest BCUT2D eigenvalue weighted by molar-refractivity contribution is 0.545. The van der Waals surface area contributed by atoms with E-state index in [1.54, 1.807) is 0 Å². The maximum atomic E-state index is 2.41. The maximum Gasteiger partial charge on any atom is -0.0351 e. The molecule has 0 aromatic carbocycles. The number of hydrogen-bond donors (Lipinski definition) is 0. The van der Waals surface area contributed by atoms with Gasteiger partial charge >= 0.3 is 0 Å². The van der Waals surface area contributed by atoms with Crippen LogP contribution in [0.1, 0.15) is 123 Å². The molecule has 0 heteroatoms. The molecule has 0 saturated carbocycles. The molecular weight excluding hydrogens is 252 g/mol. The molecule has 0 heterocycles. The zero-order valence-electron chi connectivity index (χ0n) is 15.2. The fraction of sp³-hybridized carbons (Fsp3) is 0.905. The summed E-state index contributed by atoms with van der Waals surface area (Å²) in [5.74, 6) is 0. The van der Waals surface area contributed by atoms with E-state index in [-0.39, 0.29) is 0 Å². The van der Waals surface area contributed by atoms with E-state index in [1.165, 1.54) is 109 Å². The summed E-state index contributed by atoms with van der Waals surface area (Å²) in [6.07, 6.45) is 28.9. The van der Waals surface area contributed by atoms with E-state index in [0.717, 1.165) is 0 Å². The van der Waals surface area contributed by atoms with Crippen LogP contribution < -0.4 is 0 Å². The van der Waals surface area contributed by atoms with E-state index in [4.69, 9.17) is 0 Å². The molecule has 0 aliphatic carbocycles. The summed E-state index contributed by atoms with van der Waals surface area (Å²) in [7, 11) is 0. The van der Waals surface area contributed by atoms with Crippen molar-refractivity contribution in [2.75, 3.05) is 0 Å². The van der Waals surface area contributed by atoms with Gasteiger partial charge in [0.05, 0.1) is 0 Å². The summed E-state index contributed by atoms with van der Waals surface area (Å²) in [5.41, 5.74) is 0. The van der Waals surface area contributed by atoms with Gasteiger partial charge in [0.2, 0.25) is 0 Å². The van der Waals surface area contributed by atoms with Crippen LogP contribution in [0.4, 0.5) is 0 Å². The maximum absolute atomic E-state index is 2.41. The Bertz CT molecular complexity index is 192. The van der Waals surface area contributed by atoms with Gasteiger partial charge in [0, 0.05) is 0 Å². The van der Waals surface area contributed by atoms with Gasteiger partial charge in [0.15, 0.2) is 0 Å². The Morgan fingerprint density at radius 2 is 0.667 bits per heavy atom. The SMILES string of the molecule is CCCCC/C=C/CCCCCCCCCCCCCC. The van der Waals surface area contributed by atoms with Gasteiger partial charge in [-0.1, -0.05) is 109 Å². The molecular formula is C21H42. The van der Waals surface area contributed by atoms with Gasteiger partial charge in [-0.15, -0.1) is 0 Å². The normalized spacial score (nSPS) is 11.5. The van der Waals surface area contributed by atoms with Crippen molar-refractivity contribution in [2.24, 2.45) is 0 Å². The molecule has 0 nitrogen and oxygen atoms in total. The van der Waals surface area contributed by atoms with E-state index >= 15 is 0 Å². The molecule has 0 unspecified atom stereocenters. The van der Waals surface area contributed by atoms with Gasteiger partial charge in [-0.05, 0) is 25.7 Å². The lowest BCUT2D eigenvalue weighted by atomic mass is 10.0. The van der Waals surface area contributed by atoms with Crippen LogP contribution >= 0.6 is 0 Å². The molecule has 126 valence electrons. The molecule has 0 aliphatic heterocycles. The Balaban J connectivity index is 2.99. The van der Waals surface area contributed by atoms with E-state index in [1.807, 2.05) is 0 Å². The topological polar surface area (TPSA) is 0 Å². The highest BCUT2D eigenvalue weighted by molar-refractivity contribution is 4.81. The van der Waals surface area contributed by atoms with E-state index in [0.29, 0.717) is 0 Å². The fourth-order valence-electron chi connectivity index (χ4n) is 2.85. The molecule has 0 fully saturated rings. The van der Waals surface area contributed by atoms with Crippen LogP contribution in [0.5, 0.6) is 0 Å². The first-order valence-corrected chi connectivity index (χ1v) is 10.1. The van der Waals surface area contributed by atoms with Crippen LogP contribution in [0.15, 0.2) is 12.2 Å². The van der Waals surface area contributed by atoms with Crippen molar-refractivity contribution in [2.45, 2.75) is 123 Å². The summed E-state index contributed by atoms with van der Waals surface area (Å²) in [5, 5.41) is 0. The lowest BCUT2D eigenvalue weighted by Crippen LogP contribution is -1.82. The first-order valence-electron chi connectivity index (χ1n) is 10.1. The monoisotopic (exact) mass is 294 g/mol. The standard InChI is InChI=1S/C21H42/c1-3-5-7-9-11-13-15-17-19-21-20-18-16-14-12-10-8-6-4-2/h11,13H,3-10,12,14-21H2,1-2H3/b13-11+. The molecule has 0 N–H and O–H groups in total. The van der Waals surface area contributed by atoms with E-state index in [2.05, 4.69) is 26.0 Å². The van der Waals surface area contributed by atoms with Crippen LogP contribution in [-0.2, 0) is 0 Å². The third-order valence-electron chi connectivity index (χ3n) is 4.37. The summed E-state index contributed by atoms with van der Waals surface area (Å²) in [6.45, 7) is 4.57. The van der Waals surface area contributed by atoms with Crippen molar-refractivity contribution in [1.29, 1.82) is 0 Å². The average molecular weight is 295 g/mol. The first kappa shape index (κ1) is 20.7. The predicted octanol–water partition coefficient (Wildman–Crippen LogP) is 8.21. The Kier molecular flexibility index (Phi) is 19.5. The van der Waals surface area contributed by atoms with Crippen LogP contribution in [-0.4, -0.2) is 0 Å². The third-order valence-corrected chi connectivity index (χ3v) is 4.37. The lowest BCUT2D eigenvalue weighted by Gasteiger charge is -2.02. The van der Waals surface area contributed by atoms with E-state index < -0.39 is 0 Å². The largest absolute Gasteiger partial charge is 0.0885 e. The Labute approximate surface area is 135 Å². The van der Waals surface area contributed by atoms with Crippen molar-refractivity contribution in [3.63, 3.8) is 0 Å². The Morgan fingerprint density at radius 1 is 0.381 bits per heavy atom. The molecule has 0 aromatic heterocycles. The minimum absolute atomic E-state index is 1.30. The van der Waals surface area contributed by atoms with Crippen molar-refractivity contribution < 1.29 is 0 Å². The molecule has 0 amide bonds. The number of hydrogen-bond acceptors (Lipinski definition) is 0. The fourth-order valence-corrected chi connectivity index (χ4v) is 2.85. The smallest absolute Gasteiger partial charge is 0.0351 e. The molecule has 0 bridgehead atoms. The second kappa shape index (κ2) is 19.7. The highest BCUT2D eigenvalue weighted by Crippen LogP contribution is 2.12. The van der Waals surface area contributed by atoms with Crippen LogP contribution in [0, 0.1) is 0 Å². The molecule has 0 atom stereocenters. The molecule has 0 saturated heterocycles. The van der Waals surface area contributed by atoms with E-state index in [9.17, 15) is 0 Å². The highest BCUT2D eigenvalue weighted by atomic mass is 14.0. The van der Waals surface area contributed by atoms with Crippen molar-refractivity contribution in [3.05, 3.63) is 12.2 Å². The van der Waals surface area contributed by atoms with Gasteiger partial charge in [0.1, 0.15) is 0 Å². The Hall–Kier alpha value is -0.260. The van der Waals surface area contributed by atoms with Crippen LogP contribution in [0.2, 0.25) is 0 Å². The Morgan fingerprint density at radius 3 is 1.10 bits per heavy atom. The second-order valence-electron chi connectivity index (χ2n) is 6.64. The summed E-state index contributed by atoms with van der Waals surface area (Å²) < 4.78 is 0. The third kappa shape index (κ3) is 19.7. The summed E-state index contributed by atoms with van der Waals surface area (Å²) in [6, 6.07) is 0. The molecule has 0 aromatic rings. The molecule has 0 rings (SSSR count). The molecule has 0 radical (unpaired) electrons. The predicted molar refractivity (Wildman–Crippen MR) is 99.0 cm³/mol. The summed E-state index contributed by atoms with van der Waals surface area (Å²) in [4.78, 5) is 0. The van der Waals surface area contributed by atoms with Gasteiger partial charge in [0.25, 0.3) is 0 Å². The van der Waals surface area contributed by atoms with Crippen molar-refractivity contribution in [1.82, 2.24) is 0 Å². The zero-order valence-corrected chi connectivity index (χ0v) is 15.2. The van der Waals surface area contributed by atoms with Crippen LogP contribution in [0.3, 0.4) is 0 Å². The number of allylic oxidation sites excluding steroid dienone is 2.